The highest BCUT2D eigenvalue weighted by Gasteiger charge is 2.31. The van der Waals surface area contributed by atoms with E-state index in [0.29, 0.717) is 41.0 Å². The third kappa shape index (κ3) is 7.49. The lowest BCUT2D eigenvalue weighted by Gasteiger charge is -2.32. The fraction of sp³-hybridized carbons (Fsp3) is 0.280. The van der Waals surface area contributed by atoms with Gasteiger partial charge in [0.15, 0.2) is 0 Å². The summed E-state index contributed by atoms with van der Waals surface area (Å²) in [6, 6.07) is 20.4. The highest BCUT2D eigenvalue weighted by molar-refractivity contribution is 7.92. The van der Waals surface area contributed by atoms with E-state index >= 15 is 0 Å². The molecule has 0 aliphatic rings. The number of nitrogens with two attached hydrogens (primary N) is 1. The van der Waals surface area contributed by atoms with E-state index in [4.69, 9.17) is 38.4 Å². The van der Waals surface area contributed by atoms with Crippen LogP contribution in [-0.2, 0) is 14.8 Å². The first-order valence-electron chi connectivity index (χ1n) is 11.2. The fourth-order valence-corrected chi connectivity index (χ4v) is 5.21. The van der Waals surface area contributed by atoms with Crippen LogP contribution in [-0.4, -0.2) is 40.9 Å². The second-order valence-electron chi connectivity index (χ2n) is 7.61. The van der Waals surface area contributed by atoms with Crippen molar-refractivity contribution in [1.82, 2.24) is 0 Å². The monoisotopic (exact) mass is 537 g/mol. The van der Waals surface area contributed by atoms with Crippen molar-refractivity contribution in [2.75, 3.05) is 35.9 Å². The lowest BCUT2D eigenvalue weighted by Crippen LogP contribution is -2.41. The first-order valence-corrected chi connectivity index (χ1v) is 13.4. The number of sulfonamides is 1. The number of hydrogen-bond donors (Lipinski definition) is 2. The third-order valence-corrected chi connectivity index (χ3v) is 7.42. The minimum Gasteiger partial charge on any atom is -0.494 e. The summed E-state index contributed by atoms with van der Waals surface area (Å²) in [5.41, 5.74) is 6.70. The van der Waals surface area contributed by atoms with Crippen LogP contribution in [0.1, 0.15) is 13.3 Å². The van der Waals surface area contributed by atoms with Crippen LogP contribution in [0, 0.1) is 0 Å². The first kappa shape index (κ1) is 27.1. The maximum Gasteiger partial charge on any atom is 0.266 e. The largest absolute Gasteiger partial charge is 0.494 e. The Morgan fingerprint density at radius 2 is 1.57 bits per heavy atom. The van der Waals surface area contributed by atoms with Crippen LogP contribution in [0.25, 0.3) is 0 Å². The molecule has 0 spiro atoms. The van der Waals surface area contributed by atoms with Crippen molar-refractivity contribution >= 4 is 44.6 Å². The highest BCUT2D eigenvalue weighted by Crippen LogP contribution is 2.33. The summed E-state index contributed by atoms with van der Waals surface area (Å²) >= 11 is 11.9. The van der Waals surface area contributed by atoms with Gasteiger partial charge in [0.2, 0.25) is 0 Å². The molecule has 0 aliphatic heterocycles. The van der Waals surface area contributed by atoms with Crippen LogP contribution < -0.4 is 20.1 Å². The van der Waals surface area contributed by atoms with E-state index in [1.54, 1.807) is 43.3 Å². The minimum absolute atomic E-state index is 0.108. The number of nitrogens with zero attached hydrogens (tertiary/aromatic N) is 1. The molecule has 0 bridgehead atoms. The maximum atomic E-state index is 13.7. The molecule has 3 aromatic carbocycles. The average molecular weight is 538 g/mol. The van der Waals surface area contributed by atoms with Crippen LogP contribution >= 0.6 is 23.2 Å². The summed E-state index contributed by atoms with van der Waals surface area (Å²) in [6.07, 6.45) is -0.101. The zero-order valence-electron chi connectivity index (χ0n) is 19.4. The molecule has 0 aromatic heterocycles. The molecule has 0 fully saturated rings. The molecule has 0 heterocycles. The second-order valence-corrected chi connectivity index (χ2v) is 10.3. The highest BCUT2D eigenvalue weighted by atomic mass is 35.5. The van der Waals surface area contributed by atoms with Crippen LogP contribution in [0.3, 0.4) is 0 Å². The molecular weight excluding hydrogens is 509 g/mol. The van der Waals surface area contributed by atoms with Crippen molar-refractivity contribution in [2.45, 2.75) is 24.5 Å². The van der Waals surface area contributed by atoms with Crippen molar-refractivity contribution in [3.05, 3.63) is 82.8 Å². The quantitative estimate of drug-likeness (QED) is 0.224. The van der Waals surface area contributed by atoms with Crippen LogP contribution in [0.5, 0.6) is 5.75 Å². The van der Waals surface area contributed by atoms with Crippen molar-refractivity contribution in [3.8, 4) is 5.75 Å². The fourth-order valence-electron chi connectivity index (χ4n) is 3.38. The van der Waals surface area contributed by atoms with E-state index in [-0.39, 0.29) is 18.0 Å². The number of ether oxygens (including phenoxy) is 2. The lowest BCUT2D eigenvalue weighted by atomic mass is 10.2. The molecule has 3 rings (SSSR count). The molecule has 3 N–H and O–H groups in total. The Kier molecular flexibility index (Phi) is 10.1. The molecular formula is C25H29Cl2N3O4S. The van der Waals surface area contributed by atoms with E-state index in [1.165, 1.54) is 16.4 Å². The number of hydrogen-bond acceptors (Lipinski definition) is 6. The van der Waals surface area contributed by atoms with E-state index in [2.05, 4.69) is 5.32 Å². The van der Waals surface area contributed by atoms with Gasteiger partial charge in [0.1, 0.15) is 12.0 Å². The predicted octanol–water partition coefficient (Wildman–Crippen LogP) is 5.39. The molecule has 1 atom stereocenters. The Hall–Kier alpha value is -2.49. The third-order valence-electron chi connectivity index (χ3n) is 5.04. The summed E-state index contributed by atoms with van der Waals surface area (Å²) in [5.74, 6) is 0.737. The van der Waals surface area contributed by atoms with Crippen LogP contribution in [0.4, 0.5) is 11.4 Å². The molecule has 35 heavy (non-hydrogen) atoms. The Labute approximate surface area is 216 Å². The van der Waals surface area contributed by atoms with Crippen molar-refractivity contribution in [3.63, 3.8) is 0 Å². The van der Waals surface area contributed by atoms with Gasteiger partial charge >= 0.3 is 0 Å². The van der Waals surface area contributed by atoms with Gasteiger partial charge < -0.3 is 20.5 Å². The number of nitrogens with one attached hydrogen (secondary N) is 1. The topological polar surface area (TPSA) is 93.9 Å². The molecule has 7 nitrogen and oxygen atoms in total. The molecule has 0 aliphatic carbocycles. The Morgan fingerprint density at radius 1 is 0.943 bits per heavy atom. The van der Waals surface area contributed by atoms with E-state index in [0.717, 1.165) is 5.75 Å². The summed E-state index contributed by atoms with van der Waals surface area (Å²) in [4.78, 5) is 0.108. The summed E-state index contributed by atoms with van der Waals surface area (Å²) in [7, 11) is -3.96. The van der Waals surface area contributed by atoms with E-state index < -0.39 is 16.3 Å². The van der Waals surface area contributed by atoms with Gasteiger partial charge in [0, 0.05) is 23.1 Å². The van der Waals surface area contributed by atoms with Crippen LogP contribution in [0.2, 0.25) is 10.0 Å². The van der Waals surface area contributed by atoms with E-state index in [9.17, 15) is 8.42 Å². The molecule has 1 unspecified atom stereocenters. The number of para-hydroxylation sites is 2. The zero-order valence-corrected chi connectivity index (χ0v) is 21.7. The minimum atomic E-state index is -3.96. The Bertz CT molecular complexity index is 1180. The van der Waals surface area contributed by atoms with E-state index in [1.807, 2.05) is 24.3 Å². The number of rotatable bonds is 13. The molecule has 188 valence electrons. The van der Waals surface area contributed by atoms with Gasteiger partial charge in [-0.3, -0.25) is 0 Å². The maximum absolute atomic E-state index is 13.7. The number of halogens is 2. The Morgan fingerprint density at radius 3 is 2.23 bits per heavy atom. The lowest BCUT2D eigenvalue weighted by molar-refractivity contribution is 0.0802. The van der Waals surface area contributed by atoms with Gasteiger partial charge in [-0.1, -0.05) is 35.3 Å². The van der Waals surface area contributed by atoms with Crippen molar-refractivity contribution < 1.29 is 17.9 Å². The van der Waals surface area contributed by atoms with Gasteiger partial charge in [0.25, 0.3) is 10.0 Å². The van der Waals surface area contributed by atoms with Gasteiger partial charge in [-0.15, -0.1) is 0 Å². The standard InChI is InChI=1S/C25H29Cl2N3O4S/c1-19(33-18-15-28)30(35(31,32)23-13-9-21(27)10-14-23)25-6-3-2-5-24(25)29-16-4-17-34-22-11-7-20(26)8-12-22/h2-3,5-14,19,29H,4,15-18,28H2,1H3. The van der Waals surface area contributed by atoms with Gasteiger partial charge in [-0.05, 0) is 74.0 Å². The van der Waals surface area contributed by atoms with Gasteiger partial charge in [-0.25, -0.2) is 12.7 Å². The molecule has 0 amide bonds. The molecule has 0 saturated heterocycles. The number of benzene rings is 3. The molecule has 0 saturated carbocycles. The SMILES string of the molecule is CC(OCCN)N(c1ccccc1NCCCOc1ccc(Cl)cc1)S(=O)(=O)c1ccc(Cl)cc1. The number of anilines is 2. The normalized spacial score (nSPS) is 12.2. The first-order chi connectivity index (χ1) is 16.8. The van der Waals surface area contributed by atoms with Crippen molar-refractivity contribution in [1.29, 1.82) is 0 Å². The summed E-state index contributed by atoms with van der Waals surface area (Å²) in [6.45, 7) is 3.22. The Balaban J connectivity index is 1.77. The van der Waals surface area contributed by atoms with Crippen LogP contribution in [0.15, 0.2) is 77.7 Å². The molecule has 3 aromatic rings. The van der Waals surface area contributed by atoms with Crippen molar-refractivity contribution in [2.24, 2.45) is 5.73 Å². The van der Waals surface area contributed by atoms with Gasteiger partial charge in [-0.2, -0.15) is 0 Å². The smallest absolute Gasteiger partial charge is 0.266 e. The molecule has 10 heteroatoms. The zero-order chi connectivity index (χ0) is 25.3. The predicted molar refractivity (Wildman–Crippen MR) is 142 cm³/mol. The van der Waals surface area contributed by atoms with Gasteiger partial charge in [0.05, 0.1) is 29.5 Å². The molecule has 0 radical (unpaired) electrons. The summed E-state index contributed by atoms with van der Waals surface area (Å²) in [5, 5.41) is 4.43. The summed E-state index contributed by atoms with van der Waals surface area (Å²) < 4.78 is 40.1. The average Bonchev–Trinajstić information content (AvgIpc) is 2.85. The second kappa shape index (κ2) is 13.0.